The van der Waals surface area contributed by atoms with Crippen LogP contribution in [0.2, 0.25) is 0 Å². The predicted molar refractivity (Wildman–Crippen MR) is 370 cm³/mol. The normalized spacial score (nSPS) is 26.0. The molecule has 106 heavy (non-hydrogen) atoms. The Bertz CT molecular complexity index is 4600. The molecule has 9 aromatic heterocycles. The number of carboxylic acid groups (broad SMARTS) is 1. The summed E-state index contributed by atoms with van der Waals surface area (Å²) in [4.78, 5) is 68.5. The number of ether oxygens (including phenoxy) is 3. The van der Waals surface area contributed by atoms with Gasteiger partial charge in [0.2, 0.25) is 0 Å². The van der Waals surface area contributed by atoms with Crippen molar-refractivity contribution in [3.05, 3.63) is 108 Å². The molecule has 31 nitrogen and oxygen atoms in total. The van der Waals surface area contributed by atoms with E-state index in [-0.39, 0.29) is 107 Å². The second-order valence-electron chi connectivity index (χ2n) is 28.7. The highest BCUT2D eigenvalue weighted by atomic mass is 19.3. The maximum Gasteiger partial charge on any atom is 0.341 e. The number of rotatable bonds is 17. The number of morpholine rings is 3. The van der Waals surface area contributed by atoms with Crippen molar-refractivity contribution in [2.24, 2.45) is 17.8 Å². The molecule has 2 amide bonds. The fourth-order valence-electron chi connectivity index (χ4n) is 15.7. The van der Waals surface area contributed by atoms with Crippen LogP contribution in [-0.4, -0.2) is 202 Å². The Balaban J connectivity index is 0.000000125. The lowest BCUT2D eigenvalue weighted by molar-refractivity contribution is -0.133. The van der Waals surface area contributed by atoms with Gasteiger partial charge in [0.15, 0.2) is 34.0 Å². The molecule has 9 aliphatic heterocycles. The number of piperidine rings is 3. The smallest absolute Gasteiger partial charge is 0.341 e. The van der Waals surface area contributed by atoms with E-state index in [2.05, 4.69) is 70.9 Å². The molecule has 0 radical (unpaired) electrons. The van der Waals surface area contributed by atoms with E-state index in [1.807, 2.05) is 18.2 Å². The van der Waals surface area contributed by atoms with E-state index in [0.717, 1.165) is 134 Å². The van der Waals surface area contributed by atoms with Crippen LogP contribution >= 0.6 is 0 Å². The Labute approximate surface area is 604 Å². The quantitative estimate of drug-likeness (QED) is 0.0367. The number of aldehydes is 1. The van der Waals surface area contributed by atoms with Crippen LogP contribution in [-0.2, 0) is 19.0 Å². The number of nitrogen functional groups attached to an aromatic ring is 1. The molecule has 0 aromatic carbocycles. The number of hydrogen-bond donors (Lipinski definition) is 6. The van der Waals surface area contributed by atoms with Crippen molar-refractivity contribution >= 4 is 75.5 Å². The van der Waals surface area contributed by atoms with Gasteiger partial charge in [-0.3, -0.25) is 23.6 Å². The van der Waals surface area contributed by atoms with Crippen molar-refractivity contribution in [3.63, 3.8) is 0 Å². The molecule has 566 valence electrons. The largest absolute Gasteiger partial charge is 0.477 e. The van der Waals surface area contributed by atoms with E-state index >= 15 is 0 Å². The molecule has 9 saturated heterocycles. The molecular weight excluding hydrogens is 1400 g/mol. The van der Waals surface area contributed by atoms with Gasteiger partial charge in [-0.25, -0.2) is 59.6 Å². The standard InChI is InChI=1S/C23H27F2N7O3.C23H25F2N7O3.C12H12N4O3.C11H17F2N3O.H2/c2*24-21(25)20-18(11-32(29-20)14-3-1-13(12-33)2-4-14)27-23(34)17-8-26-31-6-5-19(28-22(17)31)30-9-15-7-16(10-30)35-15;17-12(18)9-4-13-16-2-1-10(14-11(9)16)15-5-7-3-8(6-15)19-7;12-11(13)10-9(14)5-16(15-10)8-3-1-7(6-17)2-4-8;/h5-6,8,11,13-16,21,33H,1-4,7,9-10,12H2,(H,27,34);5-6,8,11-16,21H,1-4,7,9-10H2,(H,27,34);1-2,4,7-8H,3,5-6H2,(H,17,18);5,7-8,11,17H,1-4,6,14H2;1H/i;;;;1+2D. The van der Waals surface area contributed by atoms with Gasteiger partial charge in [-0.15, -0.1) is 0 Å². The van der Waals surface area contributed by atoms with Gasteiger partial charge >= 0.3 is 5.97 Å². The minimum absolute atomic E-state index is 0.00631. The lowest BCUT2D eigenvalue weighted by Crippen LogP contribution is -2.57. The third-order valence-electron chi connectivity index (χ3n) is 21.7. The van der Waals surface area contributed by atoms with Gasteiger partial charge in [-0.05, 0) is 107 Å². The molecule has 12 aliphatic rings. The summed E-state index contributed by atoms with van der Waals surface area (Å²) in [7, 11) is 0. The van der Waals surface area contributed by atoms with Crippen molar-refractivity contribution in [1.82, 2.24) is 73.1 Å². The molecule has 9 aromatic rings. The summed E-state index contributed by atoms with van der Waals surface area (Å²) in [5.41, 5.74) is 5.83. The number of anilines is 6. The molecule has 0 spiro atoms. The van der Waals surface area contributed by atoms with Crippen molar-refractivity contribution in [3.8, 4) is 0 Å². The lowest BCUT2D eigenvalue weighted by atomic mass is 9.87. The van der Waals surface area contributed by atoms with Crippen molar-refractivity contribution in [2.45, 2.75) is 170 Å². The number of nitrogens with zero attached hydrogens (tertiary/aromatic N) is 18. The highest BCUT2D eigenvalue weighted by molar-refractivity contribution is 6.09. The minimum atomic E-state index is -2.85. The third-order valence-corrected chi connectivity index (χ3v) is 21.7. The average Bonchev–Trinajstić information content (AvgIpc) is 1.30. The molecular formula is C69H83F6N21O10. The number of hydrogen-bond acceptors (Lipinski definition) is 22. The number of nitrogens with two attached hydrogens (primary N) is 1. The maximum absolute atomic E-state index is 13.8. The van der Waals surface area contributed by atoms with E-state index in [9.17, 15) is 50.6 Å². The fraction of sp³-hybridized carbons (Fsp3) is 0.551. The van der Waals surface area contributed by atoms with Gasteiger partial charge in [0.05, 0.1) is 90.4 Å². The molecule has 18 heterocycles. The summed E-state index contributed by atoms with van der Waals surface area (Å²) in [6.07, 6.45) is 20.4. The number of carbonyl (C=O) groups is 4. The fourth-order valence-corrected chi connectivity index (χ4v) is 15.7. The second-order valence-corrected chi connectivity index (χ2v) is 28.7. The van der Waals surface area contributed by atoms with Crippen LogP contribution in [0.4, 0.5) is 60.9 Å². The Morgan fingerprint density at radius 3 is 1.16 bits per heavy atom. The number of aliphatic hydroxyl groups is 2. The third kappa shape index (κ3) is 15.2. The lowest BCUT2D eigenvalue weighted by Gasteiger charge is -2.47. The molecule has 3 saturated carbocycles. The number of halogens is 6. The van der Waals surface area contributed by atoms with Gasteiger partial charge in [-0.1, -0.05) is 0 Å². The number of carbonyl (C=O) groups excluding carboxylic acids is 3. The SMILES string of the molecule is Nc1cn(C2CCC(CO)CC2)nc1C(F)F.O=C(Nc1cn(C2CCC(CO)CC2)nc1C(F)F)c1cnn2ccc(N3CC4CC(C3)O4)nc12.O=C(O)c1cnn2ccc(N3CC4CC(C3)O4)nc12.O=CC1CCC(n2cc(NC(=O)c3cnn4ccc(N5CC6CC(C5)O6)nc34)c(C(F)F)n2)CC1.[2H][3H]. The predicted octanol–water partition coefficient (Wildman–Crippen LogP) is 8.62. The number of aliphatic hydroxyl groups excluding tert-OH is 2. The number of aromatic carboxylic acids is 1. The molecule has 12 fully saturated rings. The number of amides is 2. The van der Waals surface area contributed by atoms with E-state index in [0.29, 0.717) is 60.8 Å². The molecule has 6 atom stereocenters. The van der Waals surface area contributed by atoms with E-state index < -0.39 is 48.4 Å². The van der Waals surface area contributed by atoms with Crippen LogP contribution in [0, 0.1) is 17.8 Å². The summed E-state index contributed by atoms with van der Waals surface area (Å²) >= 11 is 0. The van der Waals surface area contributed by atoms with Crippen LogP contribution in [0.25, 0.3) is 16.9 Å². The Morgan fingerprint density at radius 2 is 0.840 bits per heavy atom. The average molecular weight is 1480 g/mol. The van der Waals surface area contributed by atoms with E-state index in [1.165, 1.54) is 60.1 Å². The zero-order valence-corrected chi connectivity index (χ0v) is 57.5. The van der Waals surface area contributed by atoms with Gasteiger partial charge in [-0.2, -0.15) is 30.6 Å². The molecule has 3 aliphatic carbocycles. The van der Waals surface area contributed by atoms with E-state index in [4.69, 9.17) is 33.1 Å². The number of carboxylic acids is 1. The Morgan fingerprint density at radius 1 is 0.519 bits per heavy atom. The van der Waals surface area contributed by atoms with Crippen molar-refractivity contribution < 1.29 is 78.0 Å². The van der Waals surface area contributed by atoms with Gasteiger partial charge in [0.1, 0.15) is 40.4 Å². The maximum atomic E-state index is 13.8. The summed E-state index contributed by atoms with van der Waals surface area (Å²) in [5.74, 6) is 0.660. The topological polar surface area (TPSA) is 360 Å². The van der Waals surface area contributed by atoms with Crippen molar-refractivity contribution in [1.29, 1.82) is 0 Å². The first-order valence-electron chi connectivity index (χ1n) is 36.9. The first-order chi connectivity index (χ1) is 52.3. The number of nitrogens with one attached hydrogen (secondary N) is 2. The van der Waals surface area contributed by atoms with Crippen LogP contribution in [0.5, 0.6) is 0 Å². The Kier molecular flexibility index (Phi) is 20.3. The van der Waals surface area contributed by atoms with Crippen LogP contribution < -0.4 is 31.1 Å². The van der Waals surface area contributed by atoms with Crippen LogP contribution in [0.3, 0.4) is 0 Å². The summed E-state index contributed by atoms with van der Waals surface area (Å²) in [6, 6.07) is 5.54. The highest BCUT2D eigenvalue weighted by Gasteiger charge is 2.42. The summed E-state index contributed by atoms with van der Waals surface area (Å²) < 4.78 is 116. The van der Waals surface area contributed by atoms with Gasteiger partial charge in [0, 0.05) is 118 Å². The van der Waals surface area contributed by atoms with Gasteiger partial charge < -0.3 is 65.4 Å². The molecule has 6 unspecified atom stereocenters. The molecule has 7 N–H and O–H groups in total. The van der Waals surface area contributed by atoms with Crippen molar-refractivity contribution in [2.75, 3.05) is 83.5 Å². The summed E-state index contributed by atoms with van der Waals surface area (Å²) in [5, 5.41) is 57.1. The number of alkyl halides is 6. The Hall–Kier alpha value is -9.85. The van der Waals surface area contributed by atoms with Crippen LogP contribution in [0.15, 0.2) is 74.0 Å². The summed E-state index contributed by atoms with van der Waals surface area (Å²) in [6.45, 7) is 4.93. The highest BCUT2D eigenvalue weighted by Crippen LogP contribution is 2.40. The second kappa shape index (κ2) is 30.6. The first kappa shape index (κ1) is 70.5. The minimum Gasteiger partial charge on any atom is -0.477 e. The molecule has 37 heteroatoms. The first-order valence-corrected chi connectivity index (χ1v) is 35.9. The molecule has 21 rings (SSSR count). The monoisotopic (exact) mass is 1480 g/mol. The van der Waals surface area contributed by atoms with Crippen LogP contribution in [0.1, 0.15) is 185 Å². The zero-order valence-electron chi connectivity index (χ0n) is 59.5. The van der Waals surface area contributed by atoms with E-state index in [1.54, 1.807) is 23.3 Å². The number of fused-ring (bicyclic) bond motifs is 9. The zero-order chi connectivity index (χ0) is 75.6. The molecule has 6 bridgehead atoms. The van der Waals surface area contributed by atoms with Gasteiger partial charge in [0.25, 0.3) is 31.1 Å². The number of aromatic nitrogens is 15.